The minimum atomic E-state index is 0.0767. The second kappa shape index (κ2) is 6.86. The van der Waals surface area contributed by atoms with Gasteiger partial charge in [0.25, 0.3) is 0 Å². The largest absolute Gasteiger partial charge is 0.260 e. The number of para-hydroxylation sites is 1. The van der Waals surface area contributed by atoms with Crippen LogP contribution in [0.15, 0.2) is 65.8 Å². The van der Waals surface area contributed by atoms with Gasteiger partial charge in [-0.05, 0) is 40.9 Å². The van der Waals surface area contributed by atoms with Gasteiger partial charge in [-0.1, -0.05) is 48.5 Å². The lowest BCUT2D eigenvalue weighted by atomic mass is 10.0. The molecule has 5 nitrogen and oxygen atoms in total. The number of anilines is 1. The topological polar surface area (TPSA) is 46.3 Å². The molecule has 0 radical (unpaired) electrons. The van der Waals surface area contributed by atoms with E-state index in [0.717, 1.165) is 23.4 Å². The maximum absolute atomic E-state index is 6.12. The van der Waals surface area contributed by atoms with Crippen LogP contribution in [-0.2, 0) is 6.54 Å². The van der Waals surface area contributed by atoms with Gasteiger partial charge in [-0.25, -0.2) is 4.68 Å². The maximum Gasteiger partial charge on any atom is 0.243 e. The Labute approximate surface area is 155 Å². The van der Waals surface area contributed by atoms with Crippen LogP contribution in [0.3, 0.4) is 0 Å². The van der Waals surface area contributed by atoms with Crippen molar-refractivity contribution in [2.75, 3.05) is 5.01 Å². The average Bonchev–Trinajstić information content (AvgIpc) is 3.20. The van der Waals surface area contributed by atoms with Crippen LogP contribution in [0.25, 0.3) is 0 Å². The van der Waals surface area contributed by atoms with E-state index < -0.39 is 0 Å². The normalized spacial score (nSPS) is 17.0. The summed E-state index contributed by atoms with van der Waals surface area (Å²) in [6.07, 6.45) is 0.784. The Hall–Kier alpha value is -2.37. The molecule has 0 amide bonds. The molecule has 3 aromatic rings. The molecule has 0 bridgehead atoms. The molecule has 2 aromatic carbocycles. The summed E-state index contributed by atoms with van der Waals surface area (Å²) < 4.78 is 1.62. The molecule has 0 N–H and O–H groups in total. The minimum Gasteiger partial charge on any atom is -0.260 e. The van der Waals surface area contributed by atoms with E-state index >= 15 is 0 Å². The lowest BCUT2D eigenvalue weighted by molar-refractivity contribution is 0.508. The molecule has 0 aliphatic carbocycles. The van der Waals surface area contributed by atoms with Crippen molar-refractivity contribution < 1.29 is 0 Å². The summed E-state index contributed by atoms with van der Waals surface area (Å²) >= 11 is 12.0. The number of hydrogen-bond acceptors (Lipinski definition) is 4. The zero-order valence-corrected chi connectivity index (χ0v) is 14.8. The van der Waals surface area contributed by atoms with Gasteiger partial charge in [-0.3, -0.25) is 5.01 Å². The highest BCUT2D eigenvalue weighted by molar-refractivity contribution is 6.31. The van der Waals surface area contributed by atoms with Gasteiger partial charge in [0.15, 0.2) is 0 Å². The molecule has 1 atom stereocenters. The molecular weight excluding hydrogens is 357 g/mol. The molecule has 1 aliphatic rings. The molecule has 0 saturated carbocycles. The predicted molar refractivity (Wildman–Crippen MR) is 100 cm³/mol. The van der Waals surface area contributed by atoms with Gasteiger partial charge in [0, 0.05) is 6.42 Å². The van der Waals surface area contributed by atoms with Crippen molar-refractivity contribution in [2.45, 2.75) is 19.0 Å². The summed E-state index contributed by atoms with van der Waals surface area (Å²) in [5, 5.41) is 11.5. The number of nitrogens with zero attached hydrogens (tertiary/aromatic N) is 5. The van der Waals surface area contributed by atoms with Crippen molar-refractivity contribution in [1.29, 1.82) is 0 Å². The Morgan fingerprint density at radius 2 is 1.64 bits per heavy atom. The molecule has 0 fully saturated rings. The molecule has 1 aromatic heterocycles. The van der Waals surface area contributed by atoms with Crippen molar-refractivity contribution in [3.05, 3.63) is 76.8 Å². The second-order valence-corrected chi connectivity index (χ2v) is 6.46. The Bertz CT molecular complexity index is 892. The highest BCUT2D eigenvalue weighted by atomic mass is 35.5. The zero-order chi connectivity index (χ0) is 17.2. The van der Waals surface area contributed by atoms with Gasteiger partial charge in [-0.15, -0.1) is 5.10 Å². The van der Waals surface area contributed by atoms with Crippen molar-refractivity contribution in [3.8, 4) is 0 Å². The number of benzene rings is 2. The van der Waals surface area contributed by atoms with E-state index in [2.05, 4.69) is 22.2 Å². The van der Waals surface area contributed by atoms with Crippen LogP contribution in [0.5, 0.6) is 0 Å². The molecule has 0 spiro atoms. The standard InChI is InChI=1S/C18H15Cl2N5/c19-17-21-18(20)24(23-17)12-15-11-16(13-7-3-1-4-8-13)22-25(15)14-9-5-2-6-10-14/h1-10,15H,11-12H2. The number of hydrazone groups is 1. The van der Waals surface area contributed by atoms with E-state index in [1.807, 2.05) is 53.5 Å². The minimum absolute atomic E-state index is 0.0767. The maximum atomic E-state index is 6.12. The van der Waals surface area contributed by atoms with Crippen molar-refractivity contribution in [3.63, 3.8) is 0 Å². The summed E-state index contributed by atoms with van der Waals surface area (Å²) in [5.41, 5.74) is 3.19. The molecule has 0 saturated heterocycles. The summed E-state index contributed by atoms with van der Waals surface area (Å²) in [7, 11) is 0. The smallest absolute Gasteiger partial charge is 0.243 e. The molecule has 2 heterocycles. The second-order valence-electron chi connectivity index (χ2n) is 5.78. The highest BCUT2D eigenvalue weighted by Crippen LogP contribution is 2.28. The van der Waals surface area contributed by atoms with Crippen LogP contribution in [0.4, 0.5) is 5.69 Å². The number of hydrogen-bond donors (Lipinski definition) is 0. The third-order valence-electron chi connectivity index (χ3n) is 4.12. The monoisotopic (exact) mass is 371 g/mol. The van der Waals surface area contributed by atoms with Gasteiger partial charge in [-0.2, -0.15) is 10.1 Å². The zero-order valence-electron chi connectivity index (χ0n) is 13.3. The van der Waals surface area contributed by atoms with Crippen molar-refractivity contribution in [2.24, 2.45) is 5.10 Å². The van der Waals surface area contributed by atoms with E-state index in [0.29, 0.717) is 6.54 Å². The van der Waals surface area contributed by atoms with Gasteiger partial charge >= 0.3 is 0 Å². The van der Waals surface area contributed by atoms with Gasteiger partial charge in [0.1, 0.15) is 0 Å². The Morgan fingerprint density at radius 3 is 2.28 bits per heavy atom. The number of rotatable bonds is 4. The number of aromatic nitrogens is 3. The van der Waals surface area contributed by atoms with Crippen LogP contribution in [-0.4, -0.2) is 26.5 Å². The average molecular weight is 372 g/mol. The molecule has 4 rings (SSSR count). The summed E-state index contributed by atoms with van der Waals surface area (Å²) in [6.45, 7) is 0.549. The first-order valence-electron chi connectivity index (χ1n) is 7.94. The quantitative estimate of drug-likeness (QED) is 0.687. The Morgan fingerprint density at radius 1 is 0.960 bits per heavy atom. The summed E-state index contributed by atoms with van der Waals surface area (Å²) in [6, 6.07) is 20.3. The van der Waals surface area contributed by atoms with E-state index in [1.165, 1.54) is 0 Å². The van der Waals surface area contributed by atoms with E-state index in [1.54, 1.807) is 4.68 Å². The molecule has 7 heteroatoms. The van der Waals surface area contributed by atoms with E-state index in [9.17, 15) is 0 Å². The first-order chi connectivity index (χ1) is 12.2. The summed E-state index contributed by atoms with van der Waals surface area (Å²) in [5.74, 6) is 0. The third kappa shape index (κ3) is 3.38. The van der Waals surface area contributed by atoms with Crippen molar-refractivity contribution in [1.82, 2.24) is 14.8 Å². The van der Waals surface area contributed by atoms with Crippen LogP contribution < -0.4 is 5.01 Å². The van der Waals surface area contributed by atoms with Crippen molar-refractivity contribution >= 4 is 34.6 Å². The molecule has 1 aliphatic heterocycles. The van der Waals surface area contributed by atoms with E-state index in [-0.39, 0.29) is 16.6 Å². The van der Waals surface area contributed by atoms with Gasteiger partial charge in [0.2, 0.25) is 10.6 Å². The Balaban J connectivity index is 1.67. The molecular formula is C18H15Cl2N5. The molecule has 1 unspecified atom stereocenters. The first kappa shape index (κ1) is 16.1. The van der Waals surface area contributed by atoms with Crippen LogP contribution in [0, 0.1) is 0 Å². The number of halogens is 2. The van der Waals surface area contributed by atoms with Crippen LogP contribution in [0.2, 0.25) is 10.6 Å². The fourth-order valence-corrected chi connectivity index (χ4v) is 3.37. The fourth-order valence-electron chi connectivity index (χ4n) is 2.97. The fraction of sp³-hybridized carbons (Fsp3) is 0.167. The van der Waals surface area contributed by atoms with Gasteiger partial charge in [0.05, 0.1) is 24.0 Å². The first-order valence-corrected chi connectivity index (χ1v) is 8.69. The van der Waals surface area contributed by atoms with Crippen LogP contribution >= 0.6 is 23.2 Å². The van der Waals surface area contributed by atoms with E-state index in [4.69, 9.17) is 28.3 Å². The lowest BCUT2D eigenvalue weighted by Crippen LogP contribution is -2.31. The highest BCUT2D eigenvalue weighted by Gasteiger charge is 2.29. The van der Waals surface area contributed by atoms with Gasteiger partial charge < -0.3 is 0 Å². The molecule has 25 heavy (non-hydrogen) atoms. The molecule has 126 valence electrons. The predicted octanol–water partition coefficient (Wildman–Crippen LogP) is 4.27. The Kier molecular flexibility index (Phi) is 4.42. The third-order valence-corrected chi connectivity index (χ3v) is 4.56. The SMILES string of the molecule is Clc1nc(Cl)n(CC2CC(c3ccccc3)=NN2c2ccccc2)n1. The summed E-state index contributed by atoms with van der Waals surface area (Å²) in [4.78, 5) is 3.95. The lowest BCUT2D eigenvalue weighted by Gasteiger charge is -2.23. The van der Waals surface area contributed by atoms with Crippen LogP contribution in [0.1, 0.15) is 12.0 Å².